The molecule has 2 aliphatic heterocycles. The van der Waals surface area contributed by atoms with Gasteiger partial charge in [0.1, 0.15) is 0 Å². The van der Waals surface area contributed by atoms with E-state index < -0.39 is 0 Å². The maximum atomic E-state index is 2.55. The molecule has 98 valence electrons. The lowest BCUT2D eigenvalue weighted by molar-refractivity contribution is 0.264. The van der Waals surface area contributed by atoms with Crippen LogP contribution in [0.4, 0.5) is 0 Å². The van der Waals surface area contributed by atoms with Crippen molar-refractivity contribution in [1.29, 1.82) is 0 Å². The van der Waals surface area contributed by atoms with Crippen LogP contribution in [0.5, 0.6) is 0 Å². The molecule has 0 saturated carbocycles. The monoisotopic (exact) mass is 252 g/mol. The Balaban J connectivity index is 1.76. The Hall–Kier alpha value is -1.54. The molecule has 2 aromatic rings. The maximum Gasteiger partial charge on any atom is 0.0284 e. The first kappa shape index (κ1) is 11.3. The van der Waals surface area contributed by atoms with Crippen molar-refractivity contribution in [2.75, 3.05) is 7.05 Å². The fourth-order valence-corrected chi connectivity index (χ4v) is 3.74. The van der Waals surface area contributed by atoms with Gasteiger partial charge in [-0.2, -0.15) is 0 Å². The third-order valence-corrected chi connectivity index (χ3v) is 4.89. The summed E-state index contributed by atoms with van der Waals surface area (Å²) in [7, 11) is 4.37. The van der Waals surface area contributed by atoms with Crippen LogP contribution in [0.3, 0.4) is 0 Å². The molecule has 19 heavy (non-hydrogen) atoms. The molecule has 4 rings (SSSR count). The Morgan fingerprint density at radius 2 is 1.89 bits per heavy atom. The normalized spacial score (nSPS) is 26.9. The third-order valence-electron chi connectivity index (χ3n) is 4.89. The molecule has 2 nitrogen and oxygen atoms in total. The molecule has 2 aliphatic rings. The molecular weight excluding hydrogens is 232 g/mol. The van der Waals surface area contributed by atoms with Crippen molar-refractivity contribution in [2.24, 2.45) is 7.05 Å². The third kappa shape index (κ3) is 1.74. The van der Waals surface area contributed by atoms with E-state index >= 15 is 0 Å². The summed E-state index contributed by atoms with van der Waals surface area (Å²) in [6.07, 6.45) is 10.8. The summed E-state index contributed by atoms with van der Waals surface area (Å²) in [6.45, 7) is 0. The molecule has 0 spiro atoms. The number of benzene rings is 1. The first-order chi connectivity index (χ1) is 9.20. The molecule has 0 N–H and O–H groups in total. The van der Waals surface area contributed by atoms with E-state index in [9.17, 15) is 0 Å². The minimum Gasteiger partial charge on any atom is -0.356 e. The smallest absolute Gasteiger partial charge is 0.0284 e. The van der Waals surface area contributed by atoms with Gasteiger partial charge in [0.05, 0.1) is 0 Å². The molecule has 1 aromatic carbocycles. The van der Waals surface area contributed by atoms with Crippen molar-refractivity contribution in [3.63, 3.8) is 0 Å². The Kier molecular flexibility index (Phi) is 2.36. The van der Waals surface area contributed by atoms with Crippen molar-refractivity contribution in [3.8, 4) is 0 Å². The van der Waals surface area contributed by atoms with Crippen LogP contribution in [0.15, 0.2) is 36.7 Å². The van der Waals surface area contributed by atoms with Crippen LogP contribution in [0.1, 0.15) is 24.8 Å². The topological polar surface area (TPSA) is 8.17 Å². The fourth-order valence-electron chi connectivity index (χ4n) is 3.74. The van der Waals surface area contributed by atoms with Crippen LogP contribution in [-0.4, -0.2) is 28.6 Å². The molecule has 2 bridgehead atoms. The number of fused-ring (bicyclic) bond motifs is 3. The summed E-state index contributed by atoms with van der Waals surface area (Å²) in [5.41, 5.74) is 2.97. The highest BCUT2D eigenvalue weighted by Gasteiger charge is 2.33. The highest BCUT2D eigenvalue weighted by atomic mass is 15.2. The van der Waals surface area contributed by atoms with Gasteiger partial charge >= 0.3 is 0 Å². The average Bonchev–Trinajstić information content (AvgIpc) is 2.83. The van der Waals surface area contributed by atoms with Gasteiger partial charge in [0, 0.05) is 31.5 Å². The number of aromatic nitrogens is 1. The lowest BCUT2D eigenvalue weighted by Crippen LogP contribution is -2.34. The molecule has 0 amide bonds. The molecule has 1 fully saturated rings. The molecule has 2 atom stereocenters. The first-order valence-corrected chi connectivity index (χ1v) is 7.19. The Morgan fingerprint density at radius 1 is 1.05 bits per heavy atom. The van der Waals surface area contributed by atoms with Crippen LogP contribution < -0.4 is 0 Å². The van der Waals surface area contributed by atoms with Gasteiger partial charge in [-0.25, -0.2) is 0 Å². The summed E-state index contributed by atoms with van der Waals surface area (Å²) in [5, 5.41) is 2.69. The van der Waals surface area contributed by atoms with Gasteiger partial charge in [0.15, 0.2) is 0 Å². The van der Waals surface area contributed by atoms with Crippen LogP contribution >= 0.6 is 0 Å². The molecule has 3 heterocycles. The predicted octanol–water partition coefficient (Wildman–Crippen LogP) is 3.43. The van der Waals surface area contributed by atoms with Crippen molar-refractivity contribution in [3.05, 3.63) is 42.2 Å². The van der Waals surface area contributed by atoms with Gasteiger partial charge in [0.25, 0.3) is 0 Å². The number of rotatable bonds is 1. The van der Waals surface area contributed by atoms with Gasteiger partial charge in [-0.1, -0.05) is 18.2 Å². The highest BCUT2D eigenvalue weighted by Crippen LogP contribution is 2.37. The summed E-state index contributed by atoms with van der Waals surface area (Å²) in [5.74, 6) is 0. The highest BCUT2D eigenvalue weighted by molar-refractivity contribution is 5.86. The zero-order valence-electron chi connectivity index (χ0n) is 11.6. The molecule has 0 radical (unpaired) electrons. The molecule has 0 aliphatic carbocycles. The summed E-state index contributed by atoms with van der Waals surface area (Å²) >= 11 is 0. The van der Waals surface area contributed by atoms with Crippen LogP contribution in [0.2, 0.25) is 0 Å². The van der Waals surface area contributed by atoms with Crippen LogP contribution in [0, 0.1) is 0 Å². The minimum atomic E-state index is 0.667. The van der Waals surface area contributed by atoms with Gasteiger partial charge in [-0.15, -0.1) is 0 Å². The van der Waals surface area contributed by atoms with Crippen molar-refractivity contribution in [2.45, 2.75) is 31.3 Å². The second-order valence-electron chi connectivity index (χ2n) is 6.13. The van der Waals surface area contributed by atoms with Crippen molar-refractivity contribution >= 4 is 16.3 Å². The number of nitrogens with zero attached hydrogens (tertiary/aromatic N) is 2. The van der Waals surface area contributed by atoms with E-state index in [1.807, 2.05) is 0 Å². The number of aryl methyl sites for hydroxylation is 1. The van der Waals surface area contributed by atoms with E-state index in [2.05, 4.69) is 60.2 Å². The number of hydrogen-bond donors (Lipinski definition) is 0. The zero-order valence-corrected chi connectivity index (χ0v) is 11.6. The molecule has 1 saturated heterocycles. The first-order valence-electron chi connectivity index (χ1n) is 7.19. The quantitative estimate of drug-likeness (QED) is 0.755. The standard InChI is InChI=1S/C17H20N2/c1-18-10-13-4-3-12(7-15(13)11-18)14-8-16-5-6-17(9-14)19(16)2/h3-4,7-8,10-11,16-17H,5-6,9H2,1-2H3. The second-order valence-corrected chi connectivity index (χ2v) is 6.13. The summed E-state index contributed by atoms with van der Waals surface area (Å²) < 4.78 is 2.14. The second kappa shape index (κ2) is 3.97. The zero-order chi connectivity index (χ0) is 13.0. The van der Waals surface area contributed by atoms with E-state index in [1.165, 1.54) is 35.6 Å². The van der Waals surface area contributed by atoms with E-state index in [4.69, 9.17) is 0 Å². The van der Waals surface area contributed by atoms with E-state index in [1.54, 1.807) is 5.57 Å². The van der Waals surface area contributed by atoms with E-state index in [-0.39, 0.29) is 0 Å². The largest absolute Gasteiger partial charge is 0.356 e. The van der Waals surface area contributed by atoms with Gasteiger partial charge < -0.3 is 4.57 Å². The van der Waals surface area contributed by atoms with E-state index in [0.29, 0.717) is 6.04 Å². The average molecular weight is 252 g/mol. The number of likely N-dealkylation sites (N-methyl/N-ethyl adjacent to an activating group) is 1. The SMILES string of the molecule is CN1C2C=C(c3ccc4cn(C)cc4c3)CC1CC2. The minimum absolute atomic E-state index is 0.667. The van der Waals surface area contributed by atoms with Gasteiger partial charge in [-0.3, -0.25) is 4.90 Å². The van der Waals surface area contributed by atoms with Crippen LogP contribution in [-0.2, 0) is 7.05 Å². The Morgan fingerprint density at radius 3 is 2.74 bits per heavy atom. The van der Waals surface area contributed by atoms with Gasteiger partial charge in [-0.05, 0) is 54.3 Å². The van der Waals surface area contributed by atoms with Crippen molar-refractivity contribution in [1.82, 2.24) is 9.47 Å². The molecule has 1 aromatic heterocycles. The lowest BCUT2D eigenvalue weighted by atomic mass is 9.94. The predicted molar refractivity (Wildman–Crippen MR) is 80.1 cm³/mol. The van der Waals surface area contributed by atoms with Crippen LogP contribution in [0.25, 0.3) is 16.3 Å². The summed E-state index contributed by atoms with van der Waals surface area (Å²) in [4.78, 5) is 2.55. The fraction of sp³-hybridized carbons (Fsp3) is 0.412. The maximum absolute atomic E-state index is 2.55. The Bertz CT molecular complexity index is 665. The lowest BCUT2D eigenvalue weighted by Gasteiger charge is -2.30. The summed E-state index contributed by atoms with van der Waals surface area (Å²) in [6, 6.07) is 8.33. The Labute approximate surface area is 114 Å². The molecular formula is C17H20N2. The molecule has 2 unspecified atom stereocenters. The molecule has 2 heteroatoms. The number of hydrogen-bond acceptors (Lipinski definition) is 1. The van der Waals surface area contributed by atoms with E-state index in [0.717, 1.165) is 6.04 Å². The van der Waals surface area contributed by atoms with Crippen molar-refractivity contribution < 1.29 is 0 Å². The van der Waals surface area contributed by atoms with Gasteiger partial charge in [0.2, 0.25) is 0 Å².